The van der Waals surface area contributed by atoms with Crippen LogP contribution in [0, 0.1) is 5.92 Å². The molecule has 0 aliphatic carbocycles. The molecule has 8 rings (SSSR count). The van der Waals surface area contributed by atoms with Crippen molar-refractivity contribution in [1.29, 1.82) is 0 Å². The molecule has 5 aromatic rings. The van der Waals surface area contributed by atoms with E-state index in [1.54, 1.807) is 12.2 Å². The monoisotopic (exact) mass is 694 g/mol. The number of hydrogen-bond acceptors (Lipinski definition) is 10. The summed E-state index contributed by atoms with van der Waals surface area (Å²) in [6, 6.07) is 17.5. The Morgan fingerprint density at radius 1 is 0.796 bits per heavy atom. The van der Waals surface area contributed by atoms with Crippen LogP contribution in [-0.4, -0.2) is 48.2 Å². The smallest absolute Gasteiger partial charge is 0.290 e. The van der Waals surface area contributed by atoms with Crippen LogP contribution in [0.4, 0.5) is 9.59 Å². The van der Waals surface area contributed by atoms with Crippen molar-refractivity contribution in [2.45, 2.75) is 33.4 Å². The molecule has 0 radical (unpaired) electrons. The van der Waals surface area contributed by atoms with Gasteiger partial charge in [0, 0.05) is 13.1 Å². The molecule has 0 saturated carbocycles. The summed E-state index contributed by atoms with van der Waals surface area (Å²) in [5, 5.41) is 3.86. The number of ether oxygens (including phenoxy) is 2. The first-order valence-electron chi connectivity index (χ1n) is 15.5. The number of imide groups is 2. The summed E-state index contributed by atoms with van der Waals surface area (Å²) < 4.78 is 15.2. The van der Waals surface area contributed by atoms with E-state index < -0.39 is 0 Å². The number of rotatable bonds is 7. The van der Waals surface area contributed by atoms with Gasteiger partial charge in [0.1, 0.15) is 0 Å². The van der Waals surface area contributed by atoms with E-state index in [1.807, 2.05) is 67.3 Å². The van der Waals surface area contributed by atoms with Crippen LogP contribution in [0.2, 0.25) is 0 Å². The van der Waals surface area contributed by atoms with E-state index in [9.17, 15) is 19.2 Å². The lowest BCUT2D eigenvalue weighted by Gasteiger charge is -2.08. The van der Waals surface area contributed by atoms with E-state index in [0.717, 1.165) is 93.3 Å². The lowest BCUT2D eigenvalue weighted by molar-refractivity contribution is -0.116. The molecule has 248 valence electrons. The van der Waals surface area contributed by atoms with Crippen LogP contribution in [-0.2, 0) is 29.1 Å². The third kappa shape index (κ3) is 7.10. The van der Waals surface area contributed by atoms with Gasteiger partial charge >= 0.3 is 0 Å². The van der Waals surface area contributed by atoms with E-state index in [2.05, 4.69) is 43.6 Å². The fraction of sp³-hybridized carbons (Fsp3) is 0.200. The maximum atomic E-state index is 11.8. The molecule has 0 unspecified atom stereocenters. The first-order valence-corrected chi connectivity index (χ1v) is 17.1. The number of carbonyl (C=O) groups excluding carboxylic acids is 4. The van der Waals surface area contributed by atoms with Crippen molar-refractivity contribution in [2.24, 2.45) is 5.92 Å². The molecule has 2 saturated heterocycles. The van der Waals surface area contributed by atoms with Crippen LogP contribution in [0.3, 0.4) is 0 Å². The molecule has 2 fully saturated rings. The SMILES string of the molecule is CC(C)Cn1cnc2ccc(C=C3SC(=O)NC3=O)cc21.O=C1NC(=O)C(=Cc2ccc3ncn(CCc4cccc5c4OCO5)c3c2)S1. The number of fused-ring (bicyclic) bond motifs is 3. The van der Waals surface area contributed by atoms with Gasteiger partial charge < -0.3 is 18.6 Å². The Balaban J connectivity index is 0.000000161. The number of nitrogens with one attached hydrogen (secondary N) is 2. The highest BCUT2D eigenvalue weighted by atomic mass is 32.2. The van der Waals surface area contributed by atoms with Crippen LogP contribution in [0.25, 0.3) is 34.2 Å². The highest BCUT2D eigenvalue weighted by Crippen LogP contribution is 2.36. The fourth-order valence-electron chi connectivity index (χ4n) is 5.62. The van der Waals surface area contributed by atoms with Gasteiger partial charge in [-0.3, -0.25) is 29.8 Å². The molecule has 0 bridgehead atoms. The average molecular weight is 695 g/mol. The van der Waals surface area contributed by atoms with E-state index in [-0.39, 0.29) is 29.1 Å². The number of imidazole rings is 2. The van der Waals surface area contributed by atoms with Gasteiger partial charge in [-0.1, -0.05) is 38.1 Å². The Morgan fingerprint density at radius 2 is 1.39 bits per heavy atom. The number of amides is 4. The lowest BCUT2D eigenvalue weighted by atomic mass is 10.1. The molecule has 3 aliphatic rings. The zero-order chi connectivity index (χ0) is 34.1. The summed E-state index contributed by atoms with van der Waals surface area (Å²) in [5.41, 5.74) is 6.63. The largest absolute Gasteiger partial charge is 0.454 e. The van der Waals surface area contributed by atoms with Gasteiger partial charge in [-0.25, -0.2) is 9.97 Å². The number of nitrogens with zero attached hydrogens (tertiary/aromatic N) is 4. The van der Waals surface area contributed by atoms with E-state index >= 15 is 0 Å². The Kier molecular flexibility index (Phi) is 8.97. The van der Waals surface area contributed by atoms with Crippen LogP contribution in [0.1, 0.15) is 30.5 Å². The van der Waals surface area contributed by atoms with Gasteiger partial charge in [-0.15, -0.1) is 0 Å². The summed E-state index contributed by atoms with van der Waals surface area (Å²) in [5.74, 6) is 1.43. The normalized spacial score (nSPS) is 17.0. The second-order valence-electron chi connectivity index (χ2n) is 11.8. The van der Waals surface area contributed by atoms with Crippen molar-refractivity contribution < 1.29 is 28.7 Å². The summed E-state index contributed by atoms with van der Waals surface area (Å²) in [7, 11) is 0. The highest BCUT2D eigenvalue weighted by Gasteiger charge is 2.26. The first kappa shape index (κ1) is 32.2. The Labute approximate surface area is 288 Å². The predicted molar refractivity (Wildman–Crippen MR) is 189 cm³/mol. The Hall–Kier alpha value is -5.34. The van der Waals surface area contributed by atoms with Crippen LogP contribution >= 0.6 is 23.5 Å². The minimum Gasteiger partial charge on any atom is -0.454 e. The van der Waals surface area contributed by atoms with Crippen molar-refractivity contribution in [3.63, 3.8) is 0 Å². The molecule has 0 atom stereocenters. The van der Waals surface area contributed by atoms with Gasteiger partial charge in [0.25, 0.3) is 22.3 Å². The fourth-order valence-corrected chi connectivity index (χ4v) is 6.98. The van der Waals surface area contributed by atoms with Gasteiger partial charge in [0.05, 0.1) is 44.5 Å². The zero-order valence-corrected chi connectivity index (χ0v) is 28.1. The van der Waals surface area contributed by atoms with Gasteiger partial charge in [-0.05, 0) is 95.0 Å². The molecule has 3 aromatic carbocycles. The van der Waals surface area contributed by atoms with E-state index in [1.165, 1.54) is 0 Å². The van der Waals surface area contributed by atoms with Gasteiger partial charge in [0.2, 0.25) is 6.79 Å². The number of thioether (sulfide) groups is 2. The maximum absolute atomic E-state index is 11.8. The molecule has 5 heterocycles. The molecular weight excluding hydrogens is 665 g/mol. The highest BCUT2D eigenvalue weighted by molar-refractivity contribution is 8.18. The van der Waals surface area contributed by atoms with Crippen molar-refractivity contribution in [3.05, 3.63) is 93.8 Å². The number of aryl methyl sites for hydroxylation is 2. The summed E-state index contributed by atoms with van der Waals surface area (Å²) in [4.78, 5) is 55.5. The summed E-state index contributed by atoms with van der Waals surface area (Å²) in [6.45, 7) is 6.19. The third-order valence-corrected chi connectivity index (χ3v) is 9.45. The standard InChI is InChI=1S/C20H15N3O4S.C15H15N3O2S/c24-19-17(28-20(25)22-19)9-12-4-5-14-15(8-12)23(10-21-14)7-6-13-2-1-3-16-18(13)27-11-26-16;1-9(2)7-18-8-16-11-4-3-10(5-12(11)18)6-13-14(19)17-15(20)21-13/h1-5,8-10H,6-7,11H2,(H,22,24,25);3-6,8-9H,7H2,1-2H3,(H,17,19,20). The first-order chi connectivity index (χ1) is 23.7. The minimum atomic E-state index is -0.358. The molecule has 49 heavy (non-hydrogen) atoms. The Bertz CT molecular complexity index is 2220. The molecule has 4 amide bonds. The van der Waals surface area contributed by atoms with Gasteiger partial charge in [-0.2, -0.15) is 0 Å². The predicted octanol–water partition coefficient (Wildman–Crippen LogP) is 6.35. The lowest BCUT2D eigenvalue weighted by Crippen LogP contribution is -2.17. The Morgan fingerprint density at radius 3 is 1.96 bits per heavy atom. The minimum absolute atomic E-state index is 0.256. The second kappa shape index (κ2) is 13.6. The molecule has 0 spiro atoms. The summed E-state index contributed by atoms with van der Waals surface area (Å²) >= 11 is 1.84. The van der Waals surface area contributed by atoms with Crippen molar-refractivity contribution >= 4 is 80.0 Å². The van der Waals surface area contributed by atoms with Crippen molar-refractivity contribution in [3.8, 4) is 11.5 Å². The molecular formula is C35H30N6O6S2. The van der Waals surface area contributed by atoms with Gasteiger partial charge in [0.15, 0.2) is 11.5 Å². The van der Waals surface area contributed by atoms with Crippen LogP contribution in [0.5, 0.6) is 11.5 Å². The third-order valence-electron chi connectivity index (χ3n) is 7.83. The number of carbonyl (C=O) groups is 4. The molecule has 14 heteroatoms. The average Bonchev–Trinajstić information content (AvgIpc) is 3.90. The molecule has 3 aliphatic heterocycles. The topological polar surface area (TPSA) is 146 Å². The number of hydrogen-bond donors (Lipinski definition) is 2. The van der Waals surface area contributed by atoms with Crippen molar-refractivity contribution in [2.75, 3.05) is 6.79 Å². The molecule has 12 nitrogen and oxygen atoms in total. The van der Waals surface area contributed by atoms with Crippen LogP contribution in [0.15, 0.2) is 77.1 Å². The molecule has 2 N–H and O–H groups in total. The molecule has 2 aromatic heterocycles. The number of aromatic nitrogens is 4. The number of benzene rings is 3. The van der Waals surface area contributed by atoms with E-state index in [4.69, 9.17) is 9.47 Å². The second-order valence-corrected chi connectivity index (χ2v) is 13.9. The van der Waals surface area contributed by atoms with Crippen molar-refractivity contribution in [1.82, 2.24) is 29.7 Å². The maximum Gasteiger partial charge on any atom is 0.290 e. The summed E-state index contributed by atoms with van der Waals surface area (Å²) in [6.07, 6.45) is 7.87. The zero-order valence-electron chi connectivity index (χ0n) is 26.5. The van der Waals surface area contributed by atoms with Crippen LogP contribution < -0.4 is 20.1 Å². The van der Waals surface area contributed by atoms with E-state index in [0.29, 0.717) is 15.7 Å². The number of para-hydroxylation sites is 1. The quantitative estimate of drug-likeness (QED) is 0.185.